The average molecular weight is 146 g/mol. The highest BCUT2D eigenvalue weighted by Crippen LogP contribution is 2.12. The van der Waals surface area contributed by atoms with Crippen LogP contribution in [0.2, 0.25) is 0 Å². The Balaban J connectivity index is 2.33. The van der Waals surface area contributed by atoms with Crippen molar-refractivity contribution in [2.45, 2.75) is 19.4 Å². The number of benzene rings is 1. The van der Waals surface area contributed by atoms with Crippen LogP contribution in [0.15, 0.2) is 18.2 Å². The molecule has 1 aliphatic rings. The summed E-state index contributed by atoms with van der Waals surface area (Å²) in [4.78, 5) is 0. The summed E-state index contributed by atoms with van der Waals surface area (Å²) in [5, 5.41) is 3.38. The zero-order chi connectivity index (χ0) is 7.52. The Morgan fingerprint density at radius 1 is 1.36 bits per heavy atom. The van der Waals surface area contributed by atoms with Crippen molar-refractivity contribution < 1.29 is 0 Å². The molecule has 0 atom stereocenters. The van der Waals surface area contributed by atoms with E-state index in [4.69, 9.17) is 0 Å². The minimum Gasteiger partial charge on any atom is -0.313 e. The van der Waals surface area contributed by atoms with Crippen LogP contribution in [-0.4, -0.2) is 6.54 Å². The van der Waals surface area contributed by atoms with Crippen LogP contribution in [-0.2, 0) is 13.0 Å². The molecule has 1 radical (unpaired) electrons. The van der Waals surface area contributed by atoms with Crippen molar-refractivity contribution in [3.05, 3.63) is 35.4 Å². The van der Waals surface area contributed by atoms with E-state index in [0.29, 0.717) is 0 Å². The van der Waals surface area contributed by atoms with Gasteiger partial charge in [-0.15, -0.1) is 0 Å². The van der Waals surface area contributed by atoms with E-state index < -0.39 is 0 Å². The summed E-state index contributed by atoms with van der Waals surface area (Å²) in [5.74, 6) is 0. The molecule has 1 aromatic carbocycles. The van der Waals surface area contributed by atoms with Gasteiger partial charge in [0, 0.05) is 6.54 Å². The highest BCUT2D eigenvalue weighted by Gasteiger charge is 2.04. The van der Waals surface area contributed by atoms with Crippen LogP contribution in [0, 0.1) is 6.07 Å². The van der Waals surface area contributed by atoms with Gasteiger partial charge in [-0.2, -0.15) is 0 Å². The molecule has 0 amide bonds. The minimum absolute atomic E-state index is 1.02. The molecule has 1 heterocycles. The molecule has 0 fully saturated rings. The normalized spacial score (nSPS) is 17.1. The van der Waals surface area contributed by atoms with E-state index in [1.165, 1.54) is 24.0 Å². The SMILES string of the molecule is [c]1ccc2c(c1)CNCCC2. The second kappa shape index (κ2) is 3.05. The van der Waals surface area contributed by atoms with Crippen LogP contribution < -0.4 is 5.32 Å². The Hall–Kier alpha value is -0.820. The lowest BCUT2D eigenvalue weighted by Gasteiger charge is -2.02. The van der Waals surface area contributed by atoms with Gasteiger partial charge in [0.05, 0.1) is 0 Å². The predicted octanol–water partition coefficient (Wildman–Crippen LogP) is 1.52. The van der Waals surface area contributed by atoms with E-state index in [-0.39, 0.29) is 0 Å². The van der Waals surface area contributed by atoms with Gasteiger partial charge in [0.1, 0.15) is 0 Å². The van der Waals surface area contributed by atoms with Crippen molar-refractivity contribution >= 4 is 0 Å². The first kappa shape index (κ1) is 6.86. The number of fused-ring (bicyclic) bond motifs is 1. The molecule has 0 saturated heterocycles. The van der Waals surface area contributed by atoms with Crippen molar-refractivity contribution in [2.75, 3.05) is 6.54 Å². The quantitative estimate of drug-likeness (QED) is 0.585. The van der Waals surface area contributed by atoms with Crippen molar-refractivity contribution in [1.29, 1.82) is 0 Å². The maximum Gasteiger partial charge on any atom is 0.0208 e. The Bertz CT molecular complexity index is 217. The van der Waals surface area contributed by atoms with E-state index in [9.17, 15) is 0 Å². The molecule has 0 aromatic heterocycles. The van der Waals surface area contributed by atoms with Crippen LogP contribution in [0.1, 0.15) is 17.5 Å². The van der Waals surface area contributed by atoms with Gasteiger partial charge in [0.2, 0.25) is 0 Å². The minimum atomic E-state index is 1.02. The van der Waals surface area contributed by atoms with Crippen LogP contribution in [0.4, 0.5) is 0 Å². The van der Waals surface area contributed by atoms with Crippen molar-refractivity contribution in [3.8, 4) is 0 Å². The molecule has 57 valence electrons. The summed E-state index contributed by atoms with van der Waals surface area (Å²) in [7, 11) is 0. The third-order valence-corrected chi connectivity index (χ3v) is 2.17. The number of hydrogen-bond acceptors (Lipinski definition) is 1. The lowest BCUT2D eigenvalue weighted by molar-refractivity contribution is 0.681. The second-order valence-electron chi connectivity index (χ2n) is 2.98. The van der Waals surface area contributed by atoms with Gasteiger partial charge in [-0.05, 0) is 42.6 Å². The van der Waals surface area contributed by atoms with Crippen LogP contribution in [0.5, 0.6) is 0 Å². The molecule has 1 aromatic rings. The highest BCUT2D eigenvalue weighted by molar-refractivity contribution is 5.27. The van der Waals surface area contributed by atoms with Gasteiger partial charge in [-0.25, -0.2) is 0 Å². The van der Waals surface area contributed by atoms with Crippen LogP contribution in [0.3, 0.4) is 0 Å². The van der Waals surface area contributed by atoms with Crippen molar-refractivity contribution in [2.24, 2.45) is 0 Å². The van der Waals surface area contributed by atoms with Gasteiger partial charge in [0.15, 0.2) is 0 Å². The molecule has 1 nitrogen and oxygen atoms in total. The van der Waals surface area contributed by atoms with Crippen molar-refractivity contribution in [3.63, 3.8) is 0 Å². The molecule has 0 aliphatic carbocycles. The lowest BCUT2D eigenvalue weighted by atomic mass is 10.0. The van der Waals surface area contributed by atoms with Gasteiger partial charge in [-0.1, -0.05) is 12.1 Å². The molecule has 1 heteroatoms. The van der Waals surface area contributed by atoms with E-state index in [1.54, 1.807) is 0 Å². The smallest absolute Gasteiger partial charge is 0.0208 e. The third kappa shape index (κ3) is 1.43. The summed E-state index contributed by atoms with van der Waals surface area (Å²) in [6, 6.07) is 9.39. The summed E-state index contributed by atoms with van der Waals surface area (Å²) in [6.07, 6.45) is 2.48. The van der Waals surface area contributed by atoms with E-state index in [0.717, 1.165) is 13.1 Å². The second-order valence-corrected chi connectivity index (χ2v) is 2.98. The Morgan fingerprint density at radius 2 is 2.36 bits per heavy atom. The summed E-state index contributed by atoms with van der Waals surface area (Å²) >= 11 is 0. The fourth-order valence-corrected chi connectivity index (χ4v) is 1.53. The fourth-order valence-electron chi connectivity index (χ4n) is 1.53. The molecule has 11 heavy (non-hydrogen) atoms. The van der Waals surface area contributed by atoms with Crippen LogP contribution >= 0.6 is 0 Å². The van der Waals surface area contributed by atoms with Gasteiger partial charge in [0.25, 0.3) is 0 Å². The zero-order valence-corrected chi connectivity index (χ0v) is 6.56. The first-order valence-corrected chi connectivity index (χ1v) is 4.15. The monoisotopic (exact) mass is 146 g/mol. The maximum absolute atomic E-state index is 3.38. The molecular weight excluding hydrogens is 134 g/mol. The number of rotatable bonds is 0. The Labute approximate surface area is 67.4 Å². The summed E-state index contributed by atoms with van der Waals surface area (Å²) in [6.45, 7) is 2.17. The lowest BCUT2D eigenvalue weighted by Crippen LogP contribution is -2.11. The molecule has 0 saturated carbocycles. The Morgan fingerprint density at radius 3 is 3.36 bits per heavy atom. The van der Waals surface area contributed by atoms with Crippen LogP contribution in [0.25, 0.3) is 0 Å². The first-order chi connectivity index (χ1) is 5.47. The molecule has 1 N–H and O–H groups in total. The van der Waals surface area contributed by atoms with E-state index in [2.05, 4.69) is 23.5 Å². The van der Waals surface area contributed by atoms with E-state index in [1.807, 2.05) is 6.07 Å². The molecule has 1 aliphatic heterocycles. The standard InChI is InChI=1S/C10H12N/c1-2-5-10-8-11-7-3-6-9(10)4-1/h1,4-5,11H,3,6-8H2. The highest BCUT2D eigenvalue weighted by atomic mass is 14.8. The molecule has 0 spiro atoms. The third-order valence-electron chi connectivity index (χ3n) is 2.17. The molecule has 0 bridgehead atoms. The number of hydrogen-bond donors (Lipinski definition) is 1. The topological polar surface area (TPSA) is 12.0 Å². The van der Waals surface area contributed by atoms with Gasteiger partial charge >= 0.3 is 0 Å². The predicted molar refractivity (Wildman–Crippen MR) is 45.3 cm³/mol. The van der Waals surface area contributed by atoms with E-state index >= 15 is 0 Å². The summed E-state index contributed by atoms with van der Waals surface area (Å²) < 4.78 is 0. The number of nitrogens with one attached hydrogen (secondary N) is 1. The molecular formula is C10H12N. The molecule has 0 unspecified atom stereocenters. The largest absolute Gasteiger partial charge is 0.313 e. The maximum atomic E-state index is 3.38. The molecule has 2 rings (SSSR count). The van der Waals surface area contributed by atoms with Gasteiger partial charge in [-0.3, -0.25) is 0 Å². The Kier molecular flexibility index (Phi) is 1.91. The summed E-state index contributed by atoms with van der Waals surface area (Å²) in [5.41, 5.74) is 2.92. The first-order valence-electron chi connectivity index (χ1n) is 4.15. The average Bonchev–Trinajstić information content (AvgIpc) is 2.28. The van der Waals surface area contributed by atoms with Gasteiger partial charge < -0.3 is 5.32 Å². The zero-order valence-electron chi connectivity index (χ0n) is 6.56. The fraction of sp³-hybridized carbons (Fsp3) is 0.400. The van der Waals surface area contributed by atoms with Crippen molar-refractivity contribution in [1.82, 2.24) is 5.32 Å². The number of aryl methyl sites for hydroxylation is 1.